The van der Waals surface area contributed by atoms with E-state index < -0.39 is 6.10 Å². The molecule has 0 bridgehead atoms. The van der Waals surface area contributed by atoms with E-state index in [1.807, 2.05) is 37.3 Å². The van der Waals surface area contributed by atoms with Crippen molar-refractivity contribution >= 4 is 11.8 Å². The molecule has 94 valence electrons. The van der Waals surface area contributed by atoms with Crippen LogP contribution in [0.5, 0.6) is 0 Å². The third kappa shape index (κ3) is 3.34. The largest absolute Gasteiger partial charge is 0.388 e. The summed E-state index contributed by atoms with van der Waals surface area (Å²) < 4.78 is 13.0. The van der Waals surface area contributed by atoms with Gasteiger partial charge in [-0.25, -0.2) is 4.39 Å². The molecule has 3 heteroatoms. The summed E-state index contributed by atoms with van der Waals surface area (Å²) in [5, 5.41) is 10.1. The van der Waals surface area contributed by atoms with Crippen LogP contribution < -0.4 is 0 Å². The summed E-state index contributed by atoms with van der Waals surface area (Å²) in [5.74, 6) is 0.301. The van der Waals surface area contributed by atoms with Crippen LogP contribution in [-0.2, 0) is 0 Å². The summed E-state index contributed by atoms with van der Waals surface area (Å²) in [6.07, 6.45) is -0.573. The second-order valence-electron chi connectivity index (χ2n) is 4.14. The molecule has 0 amide bonds. The van der Waals surface area contributed by atoms with Crippen molar-refractivity contribution < 1.29 is 9.50 Å². The van der Waals surface area contributed by atoms with E-state index in [4.69, 9.17) is 0 Å². The van der Waals surface area contributed by atoms with Crippen LogP contribution >= 0.6 is 11.8 Å². The van der Waals surface area contributed by atoms with E-state index in [1.54, 1.807) is 17.8 Å². The quantitative estimate of drug-likeness (QED) is 0.842. The smallest absolute Gasteiger partial charge is 0.123 e. The molecule has 18 heavy (non-hydrogen) atoms. The molecule has 0 aromatic heterocycles. The fraction of sp³-hybridized carbons (Fsp3) is 0.200. The van der Waals surface area contributed by atoms with Crippen molar-refractivity contribution in [3.63, 3.8) is 0 Å². The van der Waals surface area contributed by atoms with Gasteiger partial charge in [-0.05, 0) is 42.3 Å². The molecular formula is C15H15FOS. The Balaban J connectivity index is 2.01. The van der Waals surface area contributed by atoms with Gasteiger partial charge in [0.25, 0.3) is 0 Å². The third-order valence-corrected chi connectivity index (χ3v) is 3.83. The highest BCUT2D eigenvalue weighted by Crippen LogP contribution is 2.26. The predicted octanol–water partition coefficient (Wildman–Crippen LogP) is 3.96. The predicted molar refractivity (Wildman–Crippen MR) is 73.3 cm³/mol. The molecule has 0 spiro atoms. The van der Waals surface area contributed by atoms with Crippen molar-refractivity contribution in [2.24, 2.45) is 0 Å². The summed E-state index contributed by atoms with van der Waals surface area (Å²) >= 11 is 1.59. The Morgan fingerprint density at radius 1 is 1.17 bits per heavy atom. The number of aliphatic hydroxyl groups is 1. The third-order valence-electron chi connectivity index (χ3n) is 2.74. The number of aryl methyl sites for hydroxylation is 1. The highest BCUT2D eigenvalue weighted by molar-refractivity contribution is 7.99. The van der Waals surface area contributed by atoms with Crippen LogP contribution in [0.4, 0.5) is 4.39 Å². The van der Waals surface area contributed by atoms with Crippen molar-refractivity contribution in [1.82, 2.24) is 0 Å². The van der Waals surface area contributed by atoms with Crippen LogP contribution in [0.15, 0.2) is 53.4 Å². The molecular weight excluding hydrogens is 247 g/mol. The SMILES string of the molecule is Cc1cc(F)ccc1C(O)CSc1ccccc1. The molecule has 0 fully saturated rings. The van der Waals surface area contributed by atoms with E-state index >= 15 is 0 Å². The molecule has 2 aromatic rings. The van der Waals surface area contributed by atoms with Gasteiger partial charge in [0.2, 0.25) is 0 Å². The van der Waals surface area contributed by atoms with Gasteiger partial charge in [-0.3, -0.25) is 0 Å². The molecule has 0 aliphatic rings. The molecule has 0 saturated carbocycles. The van der Waals surface area contributed by atoms with Crippen molar-refractivity contribution in [2.75, 3.05) is 5.75 Å². The van der Waals surface area contributed by atoms with Gasteiger partial charge in [-0.15, -0.1) is 11.8 Å². The maximum absolute atomic E-state index is 13.0. The second-order valence-corrected chi connectivity index (χ2v) is 5.23. The Labute approximate surface area is 111 Å². The van der Waals surface area contributed by atoms with Crippen LogP contribution in [0.3, 0.4) is 0 Å². The van der Waals surface area contributed by atoms with Gasteiger partial charge in [0.05, 0.1) is 6.10 Å². The first-order valence-corrected chi connectivity index (χ1v) is 6.77. The summed E-state index contributed by atoms with van der Waals surface area (Å²) in [4.78, 5) is 1.12. The standard InChI is InChI=1S/C15H15FOS/c1-11-9-12(16)7-8-14(11)15(17)10-18-13-5-3-2-4-6-13/h2-9,15,17H,10H2,1H3. The van der Waals surface area contributed by atoms with E-state index in [0.717, 1.165) is 16.0 Å². The normalized spacial score (nSPS) is 12.4. The van der Waals surface area contributed by atoms with Gasteiger partial charge in [0.15, 0.2) is 0 Å². The minimum Gasteiger partial charge on any atom is -0.388 e. The van der Waals surface area contributed by atoms with Crippen molar-refractivity contribution in [3.05, 3.63) is 65.5 Å². The Morgan fingerprint density at radius 3 is 2.56 bits per heavy atom. The molecule has 1 atom stereocenters. The summed E-state index contributed by atoms with van der Waals surface area (Å²) in [6.45, 7) is 1.81. The maximum Gasteiger partial charge on any atom is 0.123 e. The molecule has 1 unspecified atom stereocenters. The van der Waals surface area contributed by atoms with Crippen LogP contribution in [-0.4, -0.2) is 10.9 Å². The highest BCUT2D eigenvalue weighted by Gasteiger charge is 2.11. The highest BCUT2D eigenvalue weighted by atomic mass is 32.2. The Hall–Kier alpha value is -1.32. The van der Waals surface area contributed by atoms with E-state index in [9.17, 15) is 9.50 Å². The van der Waals surface area contributed by atoms with Gasteiger partial charge >= 0.3 is 0 Å². The second kappa shape index (κ2) is 6.03. The molecule has 2 aromatic carbocycles. The number of rotatable bonds is 4. The molecule has 1 nitrogen and oxygen atoms in total. The Morgan fingerprint density at radius 2 is 1.89 bits per heavy atom. The maximum atomic E-state index is 13.0. The van der Waals surface area contributed by atoms with E-state index in [-0.39, 0.29) is 5.82 Å². The van der Waals surface area contributed by atoms with Gasteiger partial charge in [-0.1, -0.05) is 24.3 Å². The lowest BCUT2D eigenvalue weighted by Crippen LogP contribution is -2.03. The Bertz CT molecular complexity index is 513. The zero-order valence-electron chi connectivity index (χ0n) is 10.1. The average molecular weight is 262 g/mol. The minimum absolute atomic E-state index is 0.265. The zero-order chi connectivity index (χ0) is 13.0. The van der Waals surface area contributed by atoms with Crippen molar-refractivity contribution in [2.45, 2.75) is 17.9 Å². The van der Waals surface area contributed by atoms with Crippen molar-refractivity contribution in [1.29, 1.82) is 0 Å². The molecule has 0 aliphatic heterocycles. The van der Waals surface area contributed by atoms with Crippen LogP contribution in [0.25, 0.3) is 0 Å². The number of halogens is 1. The number of thioether (sulfide) groups is 1. The lowest BCUT2D eigenvalue weighted by atomic mass is 10.0. The molecule has 0 heterocycles. The first kappa shape index (κ1) is 13.1. The summed E-state index contributed by atoms with van der Waals surface area (Å²) in [7, 11) is 0. The first-order valence-electron chi connectivity index (χ1n) is 5.79. The lowest BCUT2D eigenvalue weighted by Gasteiger charge is -2.13. The fourth-order valence-electron chi connectivity index (χ4n) is 1.79. The van der Waals surface area contributed by atoms with Gasteiger partial charge in [-0.2, -0.15) is 0 Å². The van der Waals surface area contributed by atoms with Crippen LogP contribution in [0, 0.1) is 12.7 Å². The molecule has 1 N–H and O–H groups in total. The number of benzene rings is 2. The fourth-order valence-corrected chi connectivity index (χ4v) is 2.67. The number of aliphatic hydroxyl groups excluding tert-OH is 1. The van der Waals surface area contributed by atoms with Gasteiger partial charge in [0, 0.05) is 10.6 Å². The molecule has 0 aliphatic carbocycles. The van der Waals surface area contributed by atoms with E-state index in [0.29, 0.717) is 5.75 Å². The monoisotopic (exact) mass is 262 g/mol. The Kier molecular flexibility index (Phi) is 4.39. The van der Waals surface area contributed by atoms with Crippen molar-refractivity contribution in [3.8, 4) is 0 Å². The summed E-state index contributed by atoms with van der Waals surface area (Å²) in [6, 6.07) is 14.4. The van der Waals surface area contributed by atoms with Crippen LogP contribution in [0.2, 0.25) is 0 Å². The van der Waals surface area contributed by atoms with E-state index in [2.05, 4.69) is 0 Å². The van der Waals surface area contributed by atoms with Gasteiger partial charge < -0.3 is 5.11 Å². The molecule has 0 saturated heterocycles. The van der Waals surface area contributed by atoms with Crippen LogP contribution in [0.1, 0.15) is 17.2 Å². The minimum atomic E-state index is -0.573. The van der Waals surface area contributed by atoms with Gasteiger partial charge in [0.1, 0.15) is 5.82 Å². The molecule has 2 rings (SSSR count). The average Bonchev–Trinajstić information content (AvgIpc) is 2.37. The summed E-state index contributed by atoms with van der Waals surface area (Å²) in [5.41, 5.74) is 1.58. The lowest BCUT2D eigenvalue weighted by molar-refractivity contribution is 0.203. The topological polar surface area (TPSA) is 20.2 Å². The van der Waals surface area contributed by atoms with E-state index in [1.165, 1.54) is 12.1 Å². The zero-order valence-corrected chi connectivity index (χ0v) is 11.0. The number of hydrogen-bond donors (Lipinski definition) is 1. The molecule has 0 radical (unpaired) electrons. The number of hydrogen-bond acceptors (Lipinski definition) is 2. The first-order chi connectivity index (χ1) is 8.66.